The van der Waals surface area contributed by atoms with Crippen molar-refractivity contribution in [2.24, 2.45) is 0 Å². The fraction of sp³-hybridized carbons (Fsp3) is 0.250. The lowest BCUT2D eigenvalue weighted by molar-refractivity contribution is -0.131. The van der Waals surface area contributed by atoms with Crippen LogP contribution in [-0.4, -0.2) is 34.8 Å². The molecular weight excluding hydrogens is 346 g/mol. The smallest absolute Gasteiger partial charge is 0.259 e. The average molecular weight is 365 g/mol. The first-order chi connectivity index (χ1) is 12.5. The van der Waals surface area contributed by atoms with Gasteiger partial charge in [0.1, 0.15) is 6.04 Å². The van der Waals surface area contributed by atoms with E-state index < -0.39 is 6.04 Å². The second-order valence-electron chi connectivity index (χ2n) is 6.58. The van der Waals surface area contributed by atoms with E-state index in [0.29, 0.717) is 12.1 Å². The molecule has 132 valence electrons. The Morgan fingerprint density at radius 2 is 2.00 bits per heavy atom. The van der Waals surface area contributed by atoms with E-state index in [9.17, 15) is 9.59 Å². The lowest BCUT2D eigenvalue weighted by Crippen LogP contribution is -2.47. The third-order valence-corrected chi connectivity index (χ3v) is 5.60. The van der Waals surface area contributed by atoms with Crippen LogP contribution in [0.1, 0.15) is 28.0 Å². The minimum Gasteiger partial charge on any atom is -0.338 e. The van der Waals surface area contributed by atoms with Crippen LogP contribution >= 0.6 is 11.3 Å². The summed E-state index contributed by atoms with van der Waals surface area (Å²) in [6.45, 7) is 4.17. The van der Waals surface area contributed by atoms with E-state index in [4.69, 9.17) is 0 Å². The second-order valence-corrected chi connectivity index (χ2v) is 7.65. The van der Waals surface area contributed by atoms with Crippen LogP contribution in [0, 0.1) is 6.92 Å². The molecule has 0 aliphatic carbocycles. The largest absolute Gasteiger partial charge is 0.338 e. The van der Waals surface area contributed by atoms with E-state index in [0.717, 1.165) is 27.2 Å². The van der Waals surface area contributed by atoms with Gasteiger partial charge in [0.2, 0.25) is 5.91 Å². The number of rotatable bonds is 4. The third kappa shape index (κ3) is 2.57. The summed E-state index contributed by atoms with van der Waals surface area (Å²) < 4.78 is 0. The Morgan fingerprint density at radius 3 is 2.69 bits per heavy atom. The monoisotopic (exact) mass is 365 g/mol. The first kappa shape index (κ1) is 16.7. The van der Waals surface area contributed by atoms with Crippen molar-refractivity contribution in [2.75, 3.05) is 11.9 Å². The Bertz CT molecular complexity index is 1020. The van der Waals surface area contributed by atoms with Crippen molar-refractivity contribution in [3.63, 3.8) is 0 Å². The summed E-state index contributed by atoms with van der Waals surface area (Å²) in [5.74, 6) is -0.218. The van der Waals surface area contributed by atoms with E-state index in [2.05, 4.69) is 4.98 Å². The molecule has 0 saturated carbocycles. The molecule has 0 N–H and O–H groups in total. The maximum atomic E-state index is 13.0. The van der Waals surface area contributed by atoms with Gasteiger partial charge in [-0.1, -0.05) is 24.3 Å². The number of benzene rings is 2. The van der Waals surface area contributed by atoms with Gasteiger partial charge in [-0.15, -0.1) is 11.3 Å². The molecule has 0 saturated heterocycles. The van der Waals surface area contributed by atoms with Gasteiger partial charge in [-0.25, -0.2) is 4.98 Å². The van der Waals surface area contributed by atoms with Crippen molar-refractivity contribution in [1.82, 2.24) is 9.88 Å². The normalized spacial score (nSPS) is 14.1. The van der Waals surface area contributed by atoms with Crippen molar-refractivity contribution >= 4 is 39.6 Å². The molecule has 26 heavy (non-hydrogen) atoms. The summed E-state index contributed by atoms with van der Waals surface area (Å²) in [5.41, 5.74) is 2.34. The zero-order valence-electron chi connectivity index (χ0n) is 14.9. The number of aromatic nitrogens is 1. The van der Waals surface area contributed by atoms with Crippen LogP contribution < -0.4 is 4.90 Å². The van der Waals surface area contributed by atoms with Gasteiger partial charge >= 0.3 is 0 Å². The molecule has 0 fully saturated rings. The summed E-state index contributed by atoms with van der Waals surface area (Å²) in [5, 5.41) is 4.88. The van der Waals surface area contributed by atoms with Crippen LogP contribution in [0.2, 0.25) is 0 Å². The third-order valence-electron chi connectivity index (χ3n) is 4.78. The Morgan fingerprint density at radius 1 is 1.27 bits per heavy atom. The summed E-state index contributed by atoms with van der Waals surface area (Å²) >= 11 is 1.57. The van der Waals surface area contributed by atoms with Crippen LogP contribution in [-0.2, 0) is 11.3 Å². The molecule has 5 nitrogen and oxygen atoms in total. The van der Waals surface area contributed by atoms with Crippen molar-refractivity contribution in [2.45, 2.75) is 26.4 Å². The summed E-state index contributed by atoms with van der Waals surface area (Å²) in [7, 11) is 1.75. The maximum absolute atomic E-state index is 13.0. The van der Waals surface area contributed by atoms with Gasteiger partial charge < -0.3 is 4.90 Å². The van der Waals surface area contributed by atoms with Crippen LogP contribution in [0.3, 0.4) is 0 Å². The molecule has 1 unspecified atom stereocenters. The highest BCUT2D eigenvalue weighted by Crippen LogP contribution is 2.38. The highest BCUT2D eigenvalue weighted by Gasteiger charge is 2.36. The van der Waals surface area contributed by atoms with Gasteiger partial charge in [-0.2, -0.15) is 0 Å². The number of amides is 2. The number of anilines is 1. The molecule has 6 heteroatoms. The van der Waals surface area contributed by atoms with Crippen LogP contribution in [0.4, 0.5) is 5.69 Å². The quantitative estimate of drug-likeness (QED) is 0.710. The molecule has 4 rings (SSSR count). The fourth-order valence-electron chi connectivity index (χ4n) is 3.55. The molecule has 2 aromatic carbocycles. The molecule has 1 aliphatic rings. The summed E-state index contributed by atoms with van der Waals surface area (Å²) in [6.07, 6.45) is 0. The first-order valence-electron chi connectivity index (χ1n) is 8.48. The number of hydrogen-bond acceptors (Lipinski definition) is 4. The maximum Gasteiger partial charge on any atom is 0.259 e. The highest BCUT2D eigenvalue weighted by atomic mass is 32.1. The number of carbonyl (C=O) groups excluding carboxylic acids is 2. The van der Waals surface area contributed by atoms with Crippen molar-refractivity contribution < 1.29 is 9.59 Å². The molecule has 3 aromatic rings. The Labute approximate surface area is 155 Å². The van der Waals surface area contributed by atoms with E-state index in [1.54, 1.807) is 35.1 Å². The lowest BCUT2D eigenvalue weighted by atomic mass is 10.1. The average Bonchev–Trinajstić information content (AvgIpc) is 3.17. The van der Waals surface area contributed by atoms with Gasteiger partial charge in [0, 0.05) is 23.4 Å². The Balaban J connectivity index is 1.62. The Kier molecular flexibility index (Phi) is 4.00. The minimum atomic E-state index is -0.578. The van der Waals surface area contributed by atoms with E-state index in [-0.39, 0.29) is 11.8 Å². The predicted molar refractivity (Wildman–Crippen MR) is 104 cm³/mol. The zero-order valence-corrected chi connectivity index (χ0v) is 15.7. The van der Waals surface area contributed by atoms with Gasteiger partial charge in [0.05, 0.1) is 22.9 Å². The number of nitrogens with zero attached hydrogens (tertiary/aromatic N) is 3. The van der Waals surface area contributed by atoms with Crippen LogP contribution in [0.15, 0.2) is 41.8 Å². The van der Waals surface area contributed by atoms with Crippen LogP contribution in [0.25, 0.3) is 10.8 Å². The number of likely N-dealkylation sites (N-methyl/N-ethyl adjacent to an activating group) is 1. The zero-order chi connectivity index (χ0) is 18.4. The molecule has 0 spiro atoms. The van der Waals surface area contributed by atoms with Gasteiger partial charge in [0.25, 0.3) is 5.91 Å². The predicted octanol–water partition coefficient (Wildman–Crippen LogP) is 3.61. The van der Waals surface area contributed by atoms with Crippen LogP contribution in [0.5, 0.6) is 0 Å². The minimum absolute atomic E-state index is 0.103. The lowest BCUT2D eigenvalue weighted by Gasteiger charge is -2.28. The molecule has 2 heterocycles. The molecule has 0 radical (unpaired) electrons. The summed E-state index contributed by atoms with van der Waals surface area (Å²) in [4.78, 5) is 33.6. The molecule has 1 atom stereocenters. The number of aryl methyl sites for hydroxylation is 1. The number of thiazole rings is 1. The molecule has 2 amide bonds. The highest BCUT2D eigenvalue weighted by molar-refractivity contribution is 7.09. The van der Waals surface area contributed by atoms with E-state index in [1.807, 2.05) is 48.7 Å². The fourth-order valence-corrected chi connectivity index (χ4v) is 4.16. The van der Waals surface area contributed by atoms with Gasteiger partial charge in [-0.3, -0.25) is 14.5 Å². The molecule has 0 bridgehead atoms. The number of carbonyl (C=O) groups is 2. The van der Waals surface area contributed by atoms with E-state index >= 15 is 0 Å². The molecule has 1 aromatic heterocycles. The van der Waals surface area contributed by atoms with Gasteiger partial charge in [0.15, 0.2) is 0 Å². The van der Waals surface area contributed by atoms with Crippen molar-refractivity contribution in [3.05, 3.63) is 58.0 Å². The van der Waals surface area contributed by atoms with Crippen molar-refractivity contribution in [1.29, 1.82) is 0 Å². The van der Waals surface area contributed by atoms with E-state index in [1.165, 1.54) is 0 Å². The number of hydrogen-bond donors (Lipinski definition) is 0. The van der Waals surface area contributed by atoms with Crippen molar-refractivity contribution in [3.8, 4) is 0 Å². The SMILES string of the molecule is Cc1nc(CN(C)C(=O)C(C)N2C(=O)c3cccc4cccc2c34)cs1. The topological polar surface area (TPSA) is 53.5 Å². The molecular formula is C20H19N3O2S. The standard InChI is InChI=1S/C20H19N3O2S/c1-12(19(24)22(3)10-15-11-26-13(2)21-15)23-17-9-5-7-14-6-4-8-16(18(14)17)20(23)25/h4-9,11-12H,10H2,1-3H3. The van der Waals surface area contributed by atoms with Gasteiger partial charge in [-0.05, 0) is 31.4 Å². The first-order valence-corrected chi connectivity index (χ1v) is 9.36. The Hall–Kier alpha value is -2.73. The molecule has 1 aliphatic heterocycles. The summed E-state index contributed by atoms with van der Waals surface area (Å²) in [6, 6.07) is 10.9. The second kappa shape index (κ2) is 6.21.